The van der Waals surface area contributed by atoms with Gasteiger partial charge in [0.2, 0.25) is 0 Å². The molecule has 0 bridgehead atoms. The van der Waals surface area contributed by atoms with Crippen molar-refractivity contribution in [2.45, 2.75) is 19.8 Å². The van der Waals surface area contributed by atoms with Gasteiger partial charge in [-0.05, 0) is 64.2 Å². The SMILES string of the molecule is CCOc1ccc(Cl)cc1CCCN(C)C. The summed E-state index contributed by atoms with van der Waals surface area (Å²) >= 11 is 5.99. The Morgan fingerprint density at radius 1 is 1.31 bits per heavy atom. The fraction of sp³-hybridized carbons (Fsp3) is 0.538. The Morgan fingerprint density at radius 3 is 2.69 bits per heavy atom. The molecule has 90 valence electrons. The number of nitrogens with zero attached hydrogens (tertiary/aromatic N) is 1. The predicted molar refractivity (Wildman–Crippen MR) is 69.5 cm³/mol. The van der Waals surface area contributed by atoms with Gasteiger partial charge in [0, 0.05) is 5.02 Å². The van der Waals surface area contributed by atoms with Crippen molar-refractivity contribution in [1.82, 2.24) is 4.90 Å². The van der Waals surface area contributed by atoms with Crippen LogP contribution in [0.4, 0.5) is 0 Å². The maximum Gasteiger partial charge on any atom is 0.122 e. The molecular weight excluding hydrogens is 222 g/mol. The third kappa shape index (κ3) is 4.42. The number of hydrogen-bond acceptors (Lipinski definition) is 2. The third-order valence-corrected chi connectivity index (χ3v) is 2.61. The average molecular weight is 242 g/mol. The van der Waals surface area contributed by atoms with Gasteiger partial charge < -0.3 is 9.64 Å². The van der Waals surface area contributed by atoms with Gasteiger partial charge in [-0.25, -0.2) is 0 Å². The van der Waals surface area contributed by atoms with Crippen molar-refractivity contribution < 1.29 is 4.74 Å². The summed E-state index contributed by atoms with van der Waals surface area (Å²) in [6, 6.07) is 5.83. The Bertz CT molecular complexity index is 326. The van der Waals surface area contributed by atoms with E-state index in [-0.39, 0.29) is 0 Å². The van der Waals surface area contributed by atoms with Crippen LogP contribution in [0.2, 0.25) is 5.02 Å². The Kier molecular flexibility index (Phi) is 5.64. The second-order valence-corrected chi connectivity index (χ2v) is 4.53. The smallest absolute Gasteiger partial charge is 0.122 e. The number of rotatable bonds is 6. The summed E-state index contributed by atoms with van der Waals surface area (Å²) in [5.74, 6) is 0.964. The largest absolute Gasteiger partial charge is 0.494 e. The van der Waals surface area contributed by atoms with Gasteiger partial charge in [-0.15, -0.1) is 0 Å². The molecule has 0 amide bonds. The molecule has 0 saturated carbocycles. The van der Waals surface area contributed by atoms with E-state index in [0.29, 0.717) is 6.61 Å². The van der Waals surface area contributed by atoms with E-state index in [0.717, 1.165) is 30.2 Å². The first kappa shape index (κ1) is 13.3. The zero-order valence-corrected chi connectivity index (χ0v) is 11.0. The summed E-state index contributed by atoms with van der Waals surface area (Å²) < 4.78 is 5.58. The molecule has 0 atom stereocenters. The third-order valence-electron chi connectivity index (χ3n) is 2.37. The summed E-state index contributed by atoms with van der Waals surface area (Å²) in [4.78, 5) is 2.19. The van der Waals surface area contributed by atoms with Crippen LogP contribution in [-0.4, -0.2) is 32.1 Å². The summed E-state index contributed by atoms with van der Waals surface area (Å²) in [6.45, 7) is 3.78. The van der Waals surface area contributed by atoms with Crippen molar-refractivity contribution in [2.24, 2.45) is 0 Å². The second-order valence-electron chi connectivity index (χ2n) is 4.09. The molecule has 0 aliphatic heterocycles. The number of hydrogen-bond donors (Lipinski definition) is 0. The van der Waals surface area contributed by atoms with Gasteiger partial charge in [0.05, 0.1) is 6.61 Å². The second kappa shape index (κ2) is 6.77. The molecule has 16 heavy (non-hydrogen) atoms. The van der Waals surface area contributed by atoms with E-state index in [1.807, 2.05) is 25.1 Å². The van der Waals surface area contributed by atoms with Crippen molar-refractivity contribution in [3.63, 3.8) is 0 Å². The molecule has 0 heterocycles. The average Bonchev–Trinajstić information content (AvgIpc) is 2.21. The van der Waals surface area contributed by atoms with Crippen LogP contribution in [0.25, 0.3) is 0 Å². The van der Waals surface area contributed by atoms with E-state index >= 15 is 0 Å². The topological polar surface area (TPSA) is 12.5 Å². The Morgan fingerprint density at radius 2 is 2.06 bits per heavy atom. The highest BCUT2D eigenvalue weighted by Gasteiger charge is 2.04. The monoisotopic (exact) mass is 241 g/mol. The highest BCUT2D eigenvalue weighted by molar-refractivity contribution is 6.30. The van der Waals surface area contributed by atoms with Gasteiger partial charge in [0.25, 0.3) is 0 Å². The number of halogens is 1. The molecule has 0 unspecified atom stereocenters. The van der Waals surface area contributed by atoms with Crippen LogP contribution in [0.3, 0.4) is 0 Å². The van der Waals surface area contributed by atoms with Gasteiger partial charge in [0.1, 0.15) is 5.75 Å². The van der Waals surface area contributed by atoms with Crippen molar-refractivity contribution in [3.05, 3.63) is 28.8 Å². The number of benzene rings is 1. The quantitative estimate of drug-likeness (QED) is 0.758. The first-order valence-corrected chi connectivity index (χ1v) is 6.07. The van der Waals surface area contributed by atoms with E-state index in [2.05, 4.69) is 19.0 Å². The van der Waals surface area contributed by atoms with Gasteiger partial charge in [-0.1, -0.05) is 11.6 Å². The minimum atomic E-state index is 0.697. The molecular formula is C13H20ClNO. The molecule has 0 aromatic heterocycles. The van der Waals surface area contributed by atoms with E-state index < -0.39 is 0 Å². The lowest BCUT2D eigenvalue weighted by Gasteiger charge is -2.12. The van der Waals surface area contributed by atoms with Gasteiger partial charge in [-0.2, -0.15) is 0 Å². The molecule has 0 N–H and O–H groups in total. The molecule has 0 aliphatic rings. The predicted octanol–water partition coefficient (Wildman–Crippen LogP) is 3.23. The van der Waals surface area contributed by atoms with Crippen LogP contribution in [0.5, 0.6) is 5.75 Å². The minimum Gasteiger partial charge on any atom is -0.494 e. The molecule has 0 fully saturated rings. The first-order chi connectivity index (χ1) is 7.63. The molecule has 0 radical (unpaired) electrons. The number of ether oxygens (including phenoxy) is 1. The Hall–Kier alpha value is -0.730. The lowest BCUT2D eigenvalue weighted by Crippen LogP contribution is -2.13. The van der Waals surface area contributed by atoms with Crippen molar-refractivity contribution >= 4 is 11.6 Å². The lowest BCUT2D eigenvalue weighted by atomic mass is 10.1. The molecule has 0 aliphatic carbocycles. The first-order valence-electron chi connectivity index (χ1n) is 5.69. The van der Waals surface area contributed by atoms with Gasteiger partial charge >= 0.3 is 0 Å². The normalized spacial score (nSPS) is 10.8. The Balaban J connectivity index is 2.64. The molecule has 1 rings (SSSR count). The standard InChI is InChI=1S/C13H20ClNO/c1-4-16-13-8-7-12(14)10-11(13)6-5-9-15(2)3/h7-8,10H,4-6,9H2,1-3H3. The van der Waals surface area contributed by atoms with Crippen LogP contribution in [0, 0.1) is 0 Å². The fourth-order valence-electron chi connectivity index (χ4n) is 1.63. The number of aryl methyl sites for hydroxylation is 1. The van der Waals surface area contributed by atoms with Crippen LogP contribution in [0.15, 0.2) is 18.2 Å². The van der Waals surface area contributed by atoms with E-state index in [1.165, 1.54) is 5.56 Å². The fourth-order valence-corrected chi connectivity index (χ4v) is 1.82. The molecule has 3 heteroatoms. The Labute approximate surface area is 103 Å². The zero-order valence-electron chi connectivity index (χ0n) is 10.3. The van der Waals surface area contributed by atoms with Gasteiger partial charge in [0.15, 0.2) is 0 Å². The van der Waals surface area contributed by atoms with Crippen molar-refractivity contribution in [2.75, 3.05) is 27.2 Å². The molecule has 0 spiro atoms. The molecule has 1 aromatic carbocycles. The highest BCUT2D eigenvalue weighted by atomic mass is 35.5. The highest BCUT2D eigenvalue weighted by Crippen LogP contribution is 2.24. The van der Waals surface area contributed by atoms with E-state index in [9.17, 15) is 0 Å². The van der Waals surface area contributed by atoms with Crippen molar-refractivity contribution in [1.29, 1.82) is 0 Å². The summed E-state index contributed by atoms with van der Waals surface area (Å²) in [5.41, 5.74) is 1.20. The van der Waals surface area contributed by atoms with Crippen LogP contribution in [-0.2, 0) is 6.42 Å². The molecule has 1 aromatic rings. The van der Waals surface area contributed by atoms with Crippen LogP contribution >= 0.6 is 11.6 Å². The summed E-state index contributed by atoms with van der Waals surface area (Å²) in [5, 5.41) is 0.781. The molecule has 2 nitrogen and oxygen atoms in total. The molecule has 0 saturated heterocycles. The lowest BCUT2D eigenvalue weighted by molar-refractivity contribution is 0.334. The summed E-state index contributed by atoms with van der Waals surface area (Å²) in [7, 11) is 4.17. The maximum atomic E-state index is 5.99. The van der Waals surface area contributed by atoms with Crippen molar-refractivity contribution in [3.8, 4) is 5.75 Å². The van der Waals surface area contributed by atoms with Gasteiger partial charge in [-0.3, -0.25) is 0 Å². The summed E-state index contributed by atoms with van der Waals surface area (Å²) in [6.07, 6.45) is 2.13. The van der Waals surface area contributed by atoms with Crippen LogP contribution in [0.1, 0.15) is 18.9 Å². The van der Waals surface area contributed by atoms with Crippen LogP contribution < -0.4 is 4.74 Å². The van der Waals surface area contributed by atoms with E-state index in [4.69, 9.17) is 16.3 Å². The minimum absolute atomic E-state index is 0.697. The maximum absolute atomic E-state index is 5.99. The zero-order chi connectivity index (χ0) is 12.0. The van der Waals surface area contributed by atoms with E-state index in [1.54, 1.807) is 0 Å².